The molecule has 37 heavy (non-hydrogen) atoms. The molecule has 0 radical (unpaired) electrons. The summed E-state index contributed by atoms with van der Waals surface area (Å²) in [5.74, 6) is 1.30. The maximum absolute atomic E-state index is 13.5. The van der Waals surface area contributed by atoms with Gasteiger partial charge in [-0.2, -0.15) is 0 Å². The van der Waals surface area contributed by atoms with Crippen molar-refractivity contribution >= 4 is 33.9 Å². The number of aromatic amines is 1. The zero-order valence-electron chi connectivity index (χ0n) is 21.6. The minimum absolute atomic E-state index is 0.134. The molecule has 1 aliphatic heterocycles. The highest BCUT2D eigenvalue weighted by atomic mass is 32.1. The van der Waals surface area contributed by atoms with E-state index in [0.717, 1.165) is 46.1 Å². The summed E-state index contributed by atoms with van der Waals surface area (Å²) < 4.78 is 11.2. The zero-order chi connectivity index (χ0) is 26.1. The number of aryl methyl sites for hydroxylation is 2. The van der Waals surface area contributed by atoms with Crippen LogP contribution in [0.15, 0.2) is 65.5 Å². The Hall–Kier alpha value is -3.84. The molecule has 4 aromatic rings. The van der Waals surface area contributed by atoms with Crippen LogP contribution in [-0.2, 0) is 12.8 Å². The van der Waals surface area contributed by atoms with Gasteiger partial charge >= 0.3 is 0 Å². The van der Waals surface area contributed by atoms with Gasteiger partial charge in [-0.25, -0.2) is 0 Å². The SMILES string of the molecule is CCc1ccccc1NC(=S)N1CCc2cc(OC)c(OC)cc2[C@H]1c1cc2cc(C)ccc2[nH]c1=O. The van der Waals surface area contributed by atoms with Crippen molar-refractivity contribution in [2.45, 2.75) is 32.7 Å². The number of aromatic nitrogens is 1. The highest BCUT2D eigenvalue weighted by molar-refractivity contribution is 7.80. The van der Waals surface area contributed by atoms with E-state index < -0.39 is 6.04 Å². The summed E-state index contributed by atoms with van der Waals surface area (Å²) in [5.41, 5.74) is 6.70. The molecule has 2 N–H and O–H groups in total. The lowest BCUT2D eigenvalue weighted by Gasteiger charge is -2.39. The fourth-order valence-electron chi connectivity index (χ4n) is 5.18. The van der Waals surface area contributed by atoms with Gasteiger partial charge in [-0.3, -0.25) is 4.79 Å². The van der Waals surface area contributed by atoms with Gasteiger partial charge in [-0.1, -0.05) is 36.8 Å². The molecule has 0 unspecified atom stereocenters. The summed E-state index contributed by atoms with van der Waals surface area (Å²) in [5, 5.41) is 5.03. The quantitative estimate of drug-likeness (QED) is 0.331. The highest BCUT2D eigenvalue weighted by Crippen LogP contribution is 2.41. The van der Waals surface area contributed by atoms with Crippen molar-refractivity contribution in [1.29, 1.82) is 0 Å². The molecule has 1 atom stereocenters. The summed E-state index contributed by atoms with van der Waals surface area (Å²) in [6, 6.07) is 19.8. The number of ether oxygens (including phenoxy) is 2. The minimum atomic E-state index is -0.397. The first kappa shape index (κ1) is 24.8. The Kier molecular flexibility index (Phi) is 6.89. The van der Waals surface area contributed by atoms with Crippen LogP contribution >= 0.6 is 12.2 Å². The number of rotatable bonds is 5. The molecule has 2 heterocycles. The van der Waals surface area contributed by atoms with Crippen molar-refractivity contribution < 1.29 is 9.47 Å². The Morgan fingerprint density at radius 3 is 2.57 bits per heavy atom. The first-order chi connectivity index (χ1) is 17.9. The van der Waals surface area contributed by atoms with E-state index >= 15 is 0 Å². The third-order valence-corrected chi connectivity index (χ3v) is 7.43. The van der Waals surface area contributed by atoms with Crippen LogP contribution in [0.5, 0.6) is 11.5 Å². The lowest BCUT2D eigenvalue weighted by Crippen LogP contribution is -2.44. The van der Waals surface area contributed by atoms with Crippen LogP contribution in [0.3, 0.4) is 0 Å². The third-order valence-electron chi connectivity index (χ3n) is 7.10. The van der Waals surface area contributed by atoms with Gasteiger partial charge in [0.05, 0.1) is 20.3 Å². The van der Waals surface area contributed by atoms with Crippen LogP contribution < -0.4 is 20.3 Å². The van der Waals surface area contributed by atoms with E-state index in [1.807, 2.05) is 55.5 Å². The van der Waals surface area contributed by atoms with Gasteiger partial charge in [0.15, 0.2) is 16.6 Å². The molecule has 5 rings (SSSR count). The van der Waals surface area contributed by atoms with Gasteiger partial charge in [0, 0.05) is 23.3 Å². The lowest BCUT2D eigenvalue weighted by molar-refractivity contribution is 0.329. The summed E-state index contributed by atoms with van der Waals surface area (Å²) in [7, 11) is 3.26. The number of methoxy groups -OCH3 is 2. The predicted octanol–water partition coefficient (Wildman–Crippen LogP) is 5.76. The first-order valence-corrected chi connectivity index (χ1v) is 12.9. The molecule has 190 valence electrons. The Balaban J connectivity index is 1.67. The van der Waals surface area contributed by atoms with Gasteiger partial charge in [-0.05, 0) is 90.5 Å². The number of thiocarbonyl (C=S) groups is 1. The smallest absolute Gasteiger partial charge is 0.254 e. The largest absolute Gasteiger partial charge is 0.493 e. The second-order valence-corrected chi connectivity index (χ2v) is 9.72. The van der Waals surface area contributed by atoms with Gasteiger partial charge in [0.25, 0.3) is 5.56 Å². The van der Waals surface area contributed by atoms with Crippen molar-refractivity contribution in [1.82, 2.24) is 9.88 Å². The molecule has 1 aliphatic rings. The monoisotopic (exact) mass is 513 g/mol. The number of anilines is 1. The fourth-order valence-corrected chi connectivity index (χ4v) is 5.49. The van der Waals surface area contributed by atoms with E-state index in [9.17, 15) is 4.79 Å². The number of fused-ring (bicyclic) bond motifs is 2. The molecule has 1 aromatic heterocycles. The topological polar surface area (TPSA) is 66.6 Å². The van der Waals surface area contributed by atoms with Gasteiger partial charge in [0.2, 0.25) is 0 Å². The molecular formula is C30H31N3O3S. The number of nitrogens with one attached hydrogen (secondary N) is 2. The van der Waals surface area contributed by atoms with Crippen LogP contribution in [-0.4, -0.2) is 35.8 Å². The van der Waals surface area contributed by atoms with Crippen molar-refractivity contribution in [3.63, 3.8) is 0 Å². The predicted molar refractivity (Wildman–Crippen MR) is 153 cm³/mol. The van der Waals surface area contributed by atoms with Crippen molar-refractivity contribution in [3.8, 4) is 11.5 Å². The Labute approximate surface area is 222 Å². The van der Waals surface area contributed by atoms with E-state index in [0.29, 0.717) is 28.7 Å². The molecule has 0 spiro atoms. The summed E-state index contributed by atoms with van der Waals surface area (Å²) in [6.45, 7) is 4.83. The van der Waals surface area contributed by atoms with Gasteiger partial charge < -0.3 is 24.7 Å². The molecule has 3 aromatic carbocycles. The highest BCUT2D eigenvalue weighted by Gasteiger charge is 2.34. The number of para-hydroxylation sites is 1. The summed E-state index contributed by atoms with van der Waals surface area (Å²) >= 11 is 5.99. The van der Waals surface area contributed by atoms with Crippen molar-refractivity contribution in [2.24, 2.45) is 0 Å². The number of benzene rings is 3. The zero-order valence-corrected chi connectivity index (χ0v) is 22.4. The van der Waals surface area contributed by atoms with E-state index in [2.05, 4.69) is 34.3 Å². The van der Waals surface area contributed by atoms with Crippen LogP contribution in [0, 0.1) is 6.92 Å². The van der Waals surface area contributed by atoms with Crippen molar-refractivity contribution in [3.05, 3.63) is 98.8 Å². The number of pyridine rings is 1. The lowest BCUT2D eigenvalue weighted by atomic mass is 9.88. The number of hydrogen-bond acceptors (Lipinski definition) is 4. The maximum atomic E-state index is 13.5. The molecule has 0 fully saturated rings. The normalized spacial score (nSPS) is 14.8. The van der Waals surface area contributed by atoms with Crippen LogP contribution in [0.4, 0.5) is 5.69 Å². The molecule has 7 heteroatoms. The maximum Gasteiger partial charge on any atom is 0.254 e. The molecule has 0 saturated heterocycles. The van der Waals surface area contributed by atoms with Crippen molar-refractivity contribution in [2.75, 3.05) is 26.1 Å². The van der Waals surface area contributed by atoms with E-state index in [4.69, 9.17) is 21.7 Å². The second kappa shape index (κ2) is 10.3. The van der Waals surface area contributed by atoms with E-state index in [1.165, 1.54) is 5.56 Å². The number of nitrogens with zero attached hydrogens (tertiary/aromatic N) is 1. The van der Waals surface area contributed by atoms with Crippen LogP contribution in [0.1, 0.15) is 40.8 Å². The number of hydrogen-bond donors (Lipinski definition) is 2. The standard InChI is InChI=1S/C30H31N3O3S/c1-5-19-8-6-7-9-24(19)32-30(37)33-13-12-20-16-26(35-3)27(36-4)17-22(20)28(33)23-15-21-14-18(2)10-11-25(21)31-29(23)34/h6-11,14-17,28H,5,12-13H2,1-4H3,(H,31,34)(H,32,37)/t28-/m0/s1. The average Bonchev–Trinajstić information content (AvgIpc) is 2.91. The second-order valence-electron chi connectivity index (χ2n) is 9.34. The van der Waals surface area contributed by atoms with Crippen LogP contribution in [0.25, 0.3) is 10.9 Å². The Morgan fingerprint density at radius 1 is 1.05 bits per heavy atom. The number of H-pyrrole nitrogens is 1. The molecule has 0 bridgehead atoms. The average molecular weight is 514 g/mol. The molecule has 0 aliphatic carbocycles. The molecule has 0 saturated carbocycles. The van der Waals surface area contributed by atoms with Crippen LogP contribution in [0.2, 0.25) is 0 Å². The van der Waals surface area contributed by atoms with E-state index in [1.54, 1.807) is 14.2 Å². The molecule has 6 nitrogen and oxygen atoms in total. The molecular weight excluding hydrogens is 482 g/mol. The first-order valence-electron chi connectivity index (χ1n) is 12.5. The minimum Gasteiger partial charge on any atom is -0.493 e. The van der Waals surface area contributed by atoms with Gasteiger partial charge in [0.1, 0.15) is 0 Å². The summed E-state index contributed by atoms with van der Waals surface area (Å²) in [6.07, 6.45) is 1.65. The van der Waals surface area contributed by atoms with E-state index in [-0.39, 0.29) is 5.56 Å². The Bertz CT molecular complexity index is 1550. The third kappa shape index (κ3) is 4.67. The molecule has 0 amide bonds. The fraction of sp³-hybridized carbons (Fsp3) is 0.267. The van der Waals surface area contributed by atoms with Gasteiger partial charge in [-0.15, -0.1) is 0 Å². The summed E-state index contributed by atoms with van der Waals surface area (Å²) in [4.78, 5) is 18.7. The Morgan fingerprint density at radius 2 is 1.81 bits per heavy atom.